The number of benzene rings is 3. The third-order valence-electron chi connectivity index (χ3n) is 4.50. The molecule has 0 aliphatic rings. The van der Waals surface area contributed by atoms with Crippen molar-refractivity contribution in [2.24, 2.45) is 0 Å². The standard InChI is InChI=1S/C22H16F2N2O2S/c1-29(27,28)20-12-10-19(11-13-20)26-22(16-4-8-18(24)9-5-16)14-21(25-26)15-2-6-17(23)7-3-15/h2-14H,1H3. The largest absolute Gasteiger partial charge is 0.232 e. The van der Waals surface area contributed by atoms with Crippen molar-refractivity contribution in [2.75, 3.05) is 6.26 Å². The van der Waals surface area contributed by atoms with Gasteiger partial charge in [-0.25, -0.2) is 21.9 Å². The van der Waals surface area contributed by atoms with Gasteiger partial charge in [0.2, 0.25) is 0 Å². The smallest absolute Gasteiger partial charge is 0.175 e. The molecular weight excluding hydrogens is 394 g/mol. The fraction of sp³-hybridized carbons (Fsp3) is 0.0455. The van der Waals surface area contributed by atoms with E-state index in [-0.39, 0.29) is 16.5 Å². The Balaban J connectivity index is 1.86. The number of hydrogen-bond acceptors (Lipinski definition) is 3. The number of aromatic nitrogens is 2. The summed E-state index contributed by atoms with van der Waals surface area (Å²) in [5.41, 5.74) is 3.40. The number of hydrogen-bond donors (Lipinski definition) is 0. The van der Waals surface area contributed by atoms with Crippen LogP contribution >= 0.6 is 0 Å². The van der Waals surface area contributed by atoms with E-state index in [1.807, 2.05) is 6.07 Å². The molecule has 0 fully saturated rings. The zero-order valence-electron chi connectivity index (χ0n) is 15.4. The molecule has 0 N–H and O–H groups in total. The van der Waals surface area contributed by atoms with E-state index in [1.165, 1.54) is 36.4 Å². The highest BCUT2D eigenvalue weighted by Gasteiger charge is 2.14. The highest BCUT2D eigenvalue weighted by Crippen LogP contribution is 2.29. The number of halogens is 2. The van der Waals surface area contributed by atoms with Crippen molar-refractivity contribution in [1.29, 1.82) is 0 Å². The average molecular weight is 410 g/mol. The molecule has 0 bridgehead atoms. The Morgan fingerprint density at radius 2 is 1.28 bits per heavy atom. The van der Waals surface area contributed by atoms with Gasteiger partial charge in [-0.05, 0) is 78.9 Å². The van der Waals surface area contributed by atoms with Crippen LogP contribution in [0.15, 0.2) is 83.8 Å². The molecule has 7 heteroatoms. The van der Waals surface area contributed by atoms with Gasteiger partial charge in [0.1, 0.15) is 11.6 Å². The topological polar surface area (TPSA) is 52.0 Å². The Hall–Kier alpha value is -3.32. The zero-order chi connectivity index (χ0) is 20.6. The van der Waals surface area contributed by atoms with Crippen molar-refractivity contribution in [2.45, 2.75) is 4.90 Å². The first-order valence-corrected chi connectivity index (χ1v) is 10.6. The van der Waals surface area contributed by atoms with Gasteiger partial charge in [-0.3, -0.25) is 0 Å². The maximum atomic E-state index is 13.4. The first-order chi connectivity index (χ1) is 13.8. The van der Waals surface area contributed by atoms with Gasteiger partial charge < -0.3 is 0 Å². The highest BCUT2D eigenvalue weighted by molar-refractivity contribution is 7.90. The van der Waals surface area contributed by atoms with Crippen molar-refractivity contribution < 1.29 is 17.2 Å². The van der Waals surface area contributed by atoms with Crippen LogP contribution in [-0.2, 0) is 9.84 Å². The highest BCUT2D eigenvalue weighted by atomic mass is 32.2. The van der Waals surface area contributed by atoms with Crippen molar-refractivity contribution in [3.8, 4) is 28.2 Å². The molecule has 1 aromatic heterocycles. The first kappa shape index (κ1) is 19.0. The fourth-order valence-corrected chi connectivity index (χ4v) is 3.63. The molecule has 4 rings (SSSR count). The molecule has 0 amide bonds. The number of sulfone groups is 1. The molecule has 0 aliphatic heterocycles. The summed E-state index contributed by atoms with van der Waals surface area (Å²) in [6.07, 6.45) is 1.15. The molecule has 0 saturated heterocycles. The van der Waals surface area contributed by atoms with Gasteiger partial charge in [-0.2, -0.15) is 5.10 Å². The summed E-state index contributed by atoms with van der Waals surface area (Å²) >= 11 is 0. The van der Waals surface area contributed by atoms with Gasteiger partial charge in [0.05, 0.1) is 22.0 Å². The normalized spacial score (nSPS) is 11.6. The minimum Gasteiger partial charge on any atom is -0.232 e. The van der Waals surface area contributed by atoms with Crippen molar-refractivity contribution >= 4 is 9.84 Å². The summed E-state index contributed by atoms with van der Waals surface area (Å²) in [7, 11) is -3.32. The molecule has 3 aromatic carbocycles. The van der Waals surface area contributed by atoms with E-state index in [1.54, 1.807) is 41.1 Å². The Morgan fingerprint density at radius 1 is 0.759 bits per heavy atom. The second-order valence-corrected chi connectivity index (χ2v) is 8.62. The Labute approximate surface area is 167 Å². The lowest BCUT2D eigenvalue weighted by Gasteiger charge is -2.08. The predicted octanol–water partition coefficient (Wildman–Crippen LogP) is 4.89. The monoisotopic (exact) mass is 410 g/mol. The summed E-state index contributed by atoms with van der Waals surface area (Å²) in [4.78, 5) is 0.204. The van der Waals surface area contributed by atoms with Crippen LogP contribution in [0.1, 0.15) is 0 Å². The molecule has 0 aliphatic carbocycles. The van der Waals surface area contributed by atoms with E-state index in [0.717, 1.165) is 17.4 Å². The van der Waals surface area contributed by atoms with Crippen molar-refractivity contribution in [3.63, 3.8) is 0 Å². The Kier molecular flexibility index (Phi) is 4.76. The summed E-state index contributed by atoms with van der Waals surface area (Å²) < 4.78 is 51.8. The van der Waals surface area contributed by atoms with Crippen LogP contribution in [0.4, 0.5) is 8.78 Å². The SMILES string of the molecule is CS(=O)(=O)c1ccc(-n2nc(-c3ccc(F)cc3)cc2-c2ccc(F)cc2)cc1. The summed E-state index contributed by atoms with van der Waals surface area (Å²) in [6, 6.07) is 20.1. The van der Waals surface area contributed by atoms with Crippen LogP contribution in [0.25, 0.3) is 28.2 Å². The molecule has 0 atom stereocenters. The molecule has 0 unspecified atom stereocenters. The van der Waals surface area contributed by atoms with E-state index in [9.17, 15) is 17.2 Å². The van der Waals surface area contributed by atoms with Gasteiger partial charge in [-0.1, -0.05) is 0 Å². The lowest BCUT2D eigenvalue weighted by atomic mass is 10.1. The quantitative estimate of drug-likeness (QED) is 0.481. The Bertz CT molecular complexity index is 1260. The van der Waals surface area contributed by atoms with Crippen LogP contribution in [0.2, 0.25) is 0 Å². The molecule has 146 valence electrons. The van der Waals surface area contributed by atoms with Crippen LogP contribution in [0.5, 0.6) is 0 Å². The van der Waals surface area contributed by atoms with Gasteiger partial charge in [0, 0.05) is 17.4 Å². The molecular formula is C22H16F2N2O2S. The van der Waals surface area contributed by atoms with E-state index in [4.69, 9.17) is 0 Å². The van der Waals surface area contributed by atoms with E-state index in [2.05, 4.69) is 5.10 Å². The van der Waals surface area contributed by atoms with Gasteiger partial charge in [0.25, 0.3) is 0 Å². The first-order valence-electron chi connectivity index (χ1n) is 8.74. The molecule has 0 spiro atoms. The second kappa shape index (κ2) is 7.25. The maximum absolute atomic E-state index is 13.4. The lowest BCUT2D eigenvalue weighted by molar-refractivity contribution is 0.602. The van der Waals surface area contributed by atoms with Crippen molar-refractivity contribution in [1.82, 2.24) is 9.78 Å². The van der Waals surface area contributed by atoms with Crippen LogP contribution in [0, 0.1) is 11.6 Å². The molecule has 0 radical (unpaired) electrons. The molecule has 1 heterocycles. The summed E-state index contributed by atoms with van der Waals surface area (Å²) in [6.45, 7) is 0. The van der Waals surface area contributed by atoms with E-state index < -0.39 is 9.84 Å². The Morgan fingerprint density at radius 3 is 1.79 bits per heavy atom. The number of nitrogens with zero attached hydrogens (tertiary/aromatic N) is 2. The van der Waals surface area contributed by atoms with Crippen LogP contribution < -0.4 is 0 Å². The minimum atomic E-state index is -3.32. The lowest BCUT2D eigenvalue weighted by Crippen LogP contribution is -2.01. The summed E-state index contributed by atoms with van der Waals surface area (Å²) in [5.74, 6) is -0.695. The second-order valence-electron chi connectivity index (χ2n) is 6.61. The van der Waals surface area contributed by atoms with E-state index in [0.29, 0.717) is 17.1 Å². The molecule has 29 heavy (non-hydrogen) atoms. The minimum absolute atomic E-state index is 0.204. The summed E-state index contributed by atoms with van der Waals surface area (Å²) in [5, 5.41) is 4.62. The third kappa shape index (κ3) is 3.95. The van der Waals surface area contributed by atoms with Crippen molar-refractivity contribution in [3.05, 3.63) is 90.5 Å². The zero-order valence-corrected chi connectivity index (χ0v) is 16.2. The van der Waals surface area contributed by atoms with Gasteiger partial charge >= 0.3 is 0 Å². The average Bonchev–Trinajstić information content (AvgIpc) is 3.14. The maximum Gasteiger partial charge on any atom is 0.175 e. The van der Waals surface area contributed by atoms with Crippen LogP contribution in [-0.4, -0.2) is 24.5 Å². The van der Waals surface area contributed by atoms with E-state index >= 15 is 0 Å². The predicted molar refractivity (Wildman–Crippen MR) is 107 cm³/mol. The third-order valence-corrected chi connectivity index (χ3v) is 5.63. The van der Waals surface area contributed by atoms with Crippen LogP contribution in [0.3, 0.4) is 0 Å². The molecule has 4 nitrogen and oxygen atoms in total. The van der Waals surface area contributed by atoms with Gasteiger partial charge in [-0.15, -0.1) is 0 Å². The fourth-order valence-electron chi connectivity index (χ4n) is 3.00. The van der Waals surface area contributed by atoms with Gasteiger partial charge in [0.15, 0.2) is 9.84 Å². The number of rotatable bonds is 4. The molecule has 4 aromatic rings. The molecule has 0 saturated carbocycles.